The molecule has 15 heavy (non-hydrogen) atoms. The summed E-state index contributed by atoms with van der Waals surface area (Å²) >= 11 is 4.78. The van der Waals surface area contributed by atoms with Gasteiger partial charge in [0.05, 0.1) is 6.61 Å². The van der Waals surface area contributed by atoms with E-state index in [-0.39, 0.29) is 6.61 Å². The lowest BCUT2D eigenvalue weighted by Gasteiger charge is -2.10. The molecular weight excluding hydrogens is 230 g/mol. The Morgan fingerprint density at radius 2 is 2.33 bits per heavy atom. The van der Waals surface area contributed by atoms with Gasteiger partial charge in [0.2, 0.25) is 0 Å². The van der Waals surface area contributed by atoms with Crippen LogP contribution in [0.5, 0.6) is 0 Å². The van der Waals surface area contributed by atoms with Gasteiger partial charge in [-0.1, -0.05) is 0 Å². The Morgan fingerprint density at radius 3 is 2.87 bits per heavy atom. The Labute approximate surface area is 89.2 Å². The number of hydrogen-bond acceptors (Lipinski definition) is 4. The zero-order valence-corrected chi connectivity index (χ0v) is 8.46. The monoisotopic (exact) mass is 236 g/mol. The van der Waals surface area contributed by atoms with Crippen molar-refractivity contribution in [2.24, 2.45) is 0 Å². The fourth-order valence-corrected chi connectivity index (χ4v) is 1.06. The van der Waals surface area contributed by atoms with Crippen molar-refractivity contribution in [1.82, 2.24) is 9.97 Å². The van der Waals surface area contributed by atoms with Gasteiger partial charge in [-0.2, -0.15) is 8.78 Å². The number of halogens is 3. The van der Waals surface area contributed by atoms with E-state index in [0.29, 0.717) is 0 Å². The van der Waals surface area contributed by atoms with Crippen LogP contribution in [0.25, 0.3) is 0 Å². The molecule has 4 nitrogen and oxygen atoms in total. The van der Waals surface area contributed by atoms with Crippen molar-refractivity contribution in [3.63, 3.8) is 0 Å². The zero-order valence-electron chi connectivity index (χ0n) is 7.71. The number of aromatic nitrogens is 2. The molecule has 0 aliphatic rings. The predicted molar refractivity (Wildman–Crippen MR) is 47.7 cm³/mol. The molecule has 1 heterocycles. The number of carbonyl (C=O) groups is 1. The topological polar surface area (TPSA) is 52.1 Å². The van der Waals surface area contributed by atoms with Crippen LogP contribution in [0.15, 0.2) is 12.5 Å². The van der Waals surface area contributed by atoms with Crippen LogP contribution in [-0.4, -0.2) is 22.5 Å². The highest BCUT2D eigenvalue weighted by Gasteiger charge is 2.35. The van der Waals surface area contributed by atoms with Crippen LogP contribution in [0.4, 0.5) is 8.78 Å². The Kier molecular flexibility index (Phi) is 3.52. The van der Waals surface area contributed by atoms with Gasteiger partial charge >= 0.3 is 11.4 Å². The molecule has 0 saturated carbocycles. The number of esters is 1. The number of hydrogen-bond donors (Lipinski definition) is 0. The average molecular weight is 237 g/mol. The molecule has 0 unspecified atom stereocenters. The van der Waals surface area contributed by atoms with E-state index < -0.39 is 22.6 Å². The van der Waals surface area contributed by atoms with Gasteiger partial charge in [-0.05, 0) is 18.5 Å². The molecule has 0 bridgehead atoms. The summed E-state index contributed by atoms with van der Waals surface area (Å²) in [6, 6.07) is 0. The zero-order chi connectivity index (χ0) is 11.5. The van der Waals surface area contributed by atoms with Crippen LogP contribution in [0.2, 0.25) is 0 Å². The molecule has 1 aromatic heterocycles. The first-order chi connectivity index (χ1) is 6.96. The van der Waals surface area contributed by atoms with E-state index in [4.69, 9.17) is 11.6 Å². The van der Waals surface area contributed by atoms with E-state index in [9.17, 15) is 13.6 Å². The summed E-state index contributed by atoms with van der Waals surface area (Å²) in [6.07, 6.45) is 1.82. The highest BCUT2D eigenvalue weighted by Crippen LogP contribution is 2.32. The number of alkyl halides is 3. The molecule has 0 aliphatic heterocycles. The van der Waals surface area contributed by atoms with Gasteiger partial charge < -0.3 is 4.74 Å². The fraction of sp³-hybridized carbons (Fsp3) is 0.375. The molecule has 0 fully saturated rings. The van der Waals surface area contributed by atoms with Gasteiger partial charge in [0, 0.05) is 6.20 Å². The SMILES string of the molecule is CCOC(=O)c1cncnc1C(F)(F)Cl. The minimum atomic E-state index is -3.72. The van der Waals surface area contributed by atoms with E-state index in [2.05, 4.69) is 14.7 Å². The third-order valence-corrected chi connectivity index (χ3v) is 1.66. The third kappa shape index (κ3) is 2.82. The van der Waals surface area contributed by atoms with E-state index in [1.54, 1.807) is 6.92 Å². The molecule has 1 aromatic rings. The first-order valence-corrected chi connectivity index (χ1v) is 4.39. The van der Waals surface area contributed by atoms with Crippen molar-refractivity contribution in [3.05, 3.63) is 23.8 Å². The van der Waals surface area contributed by atoms with Crippen molar-refractivity contribution < 1.29 is 18.3 Å². The lowest BCUT2D eigenvalue weighted by molar-refractivity contribution is 0.0493. The molecule has 1 rings (SSSR count). The number of ether oxygens (including phenoxy) is 1. The van der Waals surface area contributed by atoms with Crippen molar-refractivity contribution in [1.29, 1.82) is 0 Å². The van der Waals surface area contributed by atoms with Gasteiger partial charge in [0.1, 0.15) is 17.6 Å². The number of carbonyl (C=O) groups excluding carboxylic acids is 1. The van der Waals surface area contributed by atoms with E-state index in [1.807, 2.05) is 0 Å². The summed E-state index contributed by atoms with van der Waals surface area (Å²) in [4.78, 5) is 17.9. The summed E-state index contributed by atoms with van der Waals surface area (Å²) < 4.78 is 30.1. The molecule has 0 radical (unpaired) electrons. The minimum absolute atomic E-state index is 0.0705. The molecule has 0 N–H and O–H groups in total. The highest BCUT2D eigenvalue weighted by molar-refractivity contribution is 6.22. The summed E-state index contributed by atoms with van der Waals surface area (Å²) in [5.74, 6) is -0.923. The quantitative estimate of drug-likeness (QED) is 0.595. The van der Waals surface area contributed by atoms with Crippen LogP contribution >= 0.6 is 11.6 Å². The van der Waals surface area contributed by atoms with Gasteiger partial charge in [-0.25, -0.2) is 14.8 Å². The van der Waals surface area contributed by atoms with Gasteiger partial charge in [0.15, 0.2) is 0 Å². The molecule has 0 atom stereocenters. The Hall–Kier alpha value is -1.30. The molecule has 0 spiro atoms. The maximum absolute atomic E-state index is 12.8. The van der Waals surface area contributed by atoms with Crippen LogP contribution in [0.1, 0.15) is 23.0 Å². The van der Waals surface area contributed by atoms with Crippen molar-refractivity contribution >= 4 is 17.6 Å². The molecular formula is C8H7ClF2N2O2. The smallest absolute Gasteiger partial charge is 0.365 e. The first-order valence-electron chi connectivity index (χ1n) is 4.01. The van der Waals surface area contributed by atoms with Gasteiger partial charge in [0.25, 0.3) is 0 Å². The van der Waals surface area contributed by atoms with Crippen LogP contribution < -0.4 is 0 Å². The number of nitrogens with zero attached hydrogens (tertiary/aromatic N) is 2. The molecule has 0 aromatic carbocycles. The maximum atomic E-state index is 12.8. The second-order valence-electron chi connectivity index (χ2n) is 2.50. The highest BCUT2D eigenvalue weighted by atomic mass is 35.5. The van der Waals surface area contributed by atoms with Crippen LogP contribution in [-0.2, 0) is 10.1 Å². The minimum Gasteiger partial charge on any atom is -0.462 e. The molecule has 0 amide bonds. The van der Waals surface area contributed by atoms with E-state index >= 15 is 0 Å². The van der Waals surface area contributed by atoms with Gasteiger partial charge in [-0.3, -0.25) is 0 Å². The lowest BCUT2D eigenvalue weighted by Crippen LogP contribution is -2.16. The molecule has 82 valence electrons. The summed E-state index contributed by atoms with van der Waals surface area (Å²) in [5.41, 5.74) is -1.28. The Balaban J connectivity index is 3.12. The lowest BCUT2D eigenvalue weighted by atomic mass is 10.2. The summed E-state index contributed by atoms with van der Waals surface area (Å²) in [5, 5.41) is -3.72. The van der Waals surface area contributed by atoms with Crippen molar-refractivity contribution in [3.8, 4) is 0 Å². The maximum Gasteiger partial charge on any atom is 0.365 e. The molecule has 7 heteroatoms. The predicted octanol–water partition coefficient (Wildman–Crippen LogP) is 1.94. The van der Waals surface area contributed by atoms with Gasteiger partial charge in [-0.15, -0.1) is 0 Å². The molecule has 0 aliphatic carbocycles. The fourth-order valence-electron chi connectivity index (χ4n) is 0.914. The largest absolute Gasteiger partial charge is 0.462 e. The summed E-state index contributed by atoms with van der Waals surface area (Å²) in [7, 11) is 0. The second kappa shape index (κ2) is 4.48. The Bertz CT molecular complexity index is 368. The second-order valence-corrected chi connectivity index (χ2v) is 2.98. The van der Waals surface area contributed by atoms with Crippen molar-refractivity contribution in [2.75, 3.05) is 6.61 Å². The van der Waals surface area contributed by atoms with Crippen LogP contribution in [0, 0.1) is 0 Å². The average Bonchev–Trinajstić information content (AvgIpc) is 2.17. The first kappa shape index (κ1) is 11.8. The third-order valence-electron chi connectivity index (χ3n) is 1.48. The van der Waals surface area contributed by atoms with Crippen LogP contribution in [0.3, 0.4) is 0 Å². The van der Waals surface area contributed by atoms with E-state index in [1.165, 1.54) is 0 Å². The summed E-state index contributed by atoms with van der Waals surface area (Å²) in [6.45, 7) is 1.63. The Morgan fingerprint density at radius 1 is 1.67 bits per heavy atom. The standard InChI is InChI=1S/C8H7ClF2N2O2/c1-2-15-7(14)5-3-12-4-13-6(5)8(9,10)11/h3-4H,2H2,1H3. The molecule has 0 saturated heterocycles. The van der Waals surface area contributed by atoms with E-state index in [0.717, 1.165) is 12.5 Å². The number of rotatable bonds is 3. The van der Waals surface area contributed by atoms with Crippen molar-refractivity contribution in [2.45, 2.75) is 12.3 Å². The normalized spacial score (nSPS) is 11.2.